The van der Waals surface area contributed by atoms with Crippen LogP contribution in [0.1, 0.15) is 11.3 Å². The van der Waals surface area contributed by atoms with Crippen LogP contribution in [0, 0.1) is 5.82 Å². The Hall–Kier alpha value is -2.67. The summed E-state index contributed by atoms with van der Waals surface area (Å²) in [4.78, 5) is 4.22. The molecule has 0 spiro atoms. The zero-order valence-electron chi connectivity index (χ0n) is 11.2. The van der Waals surface area contributed by atoms with E-state index in [4.69, 9.17) is 22.5 Å². The van der Waals surface area contributed by atoms with Gasteiger partial charge in [0.25, 0.3) is 0 Å². The number of hydrogen-bond donors (Lipinski definition) is 2. The number of aromatic nitrogens is 3. The third-order valence-corrected chi connectivity index (χ3v) is 3.42. The predicted molar refractivity (Wildman–Crippen MR) is 80.6 cm³/mol. The minimum atomic E-state index is -0.394. The Balaban J connectivity index is 2.13. The van der Waals surface area contributed by atoms with Gasteiger partial charge in [-0.15, -0.1) is 0 Å². The summed E-state index contributed by atoms with van der Waals surface area (Å²) in [5.74, 6) is -0.530. The maximum Gasteiger partial charge on any atom is 0.191 e. The van der Waals surface area contributed by atoms with Gasteiger partial charge in [-0.2, -0.15) is 5.10 Å². The molecule has 0 amide bonds. The molecule has 0 saturated heterocycles. The van der Waals surface area contributed by atoms with E-state index in [-0.39, 0.29) is 18.1 Å². The van der Waals surface area contributed by atoms with Crippen molar-refractivity contribution in [1.29, 1.82) is 0 Å². The summed E-state index contributed by atoms with van der Waals surface area (Å²) in [5.41, 5.74) is 6.78. The Labute approximate surface area is 129 Å². The first-order valence-electron chi connectivity index (χ1n) is 6.33. The van der Waals surface area contributed by atoms with Crippen LogP contribution >= 0.6 is 11.6 Å². The van der Waals surface area contributed by atoms with E-state index in [1.54, 1.807) is 18.3 Å². The van der Waals surface area contributed by atoms with Crippen LogP contribution in [-0.2, 0) is 6.54 Å². The molecule has 8 heteroatoms. The summed E-state index contributed by atoms with van der Waals surface area (Å²) in [6, 6.07) is 7.75. The third-order valence-electron chi connectivity index (χ3n) is 3.19. The molecule has 1 aromatic carbocycles. The average Bonchev–Trinajstić information content (AvgIpc) is 2.89. The van der Waals surface area contributed by atoms with Crippen molar-refractivity contribution in [3.8, 4) is 0 Å². The highest BCUT2D eigenvalue weighted by Crippen LogP contribution is 2.20. The summed E-state index contributed by atoms with van der Waals surface area (Å²) in [5, 5.41) is 17.1. The second-order valence-corrected chi connectivity index (χ2v) is 5.04. The van der Waals surface area contributed by atoms with Gasteiger partial charge in [0.05, 0.1) is 11.9 Å². The van der Waals surface area contributed by atoms with Gasteiger partial charge < -0.3 is 10.9 Å². The fourth-order valence-corrected chi connectivity index (χ4v) is 2.38. The minimum Gasteiger partial charge on any atom is -0.409 e. The third kappa shape index (κ3) is 2.46. The molecule has 0 aliphatic carbocycles. The molecule has 6 nitrogen and oxygen atoms in total. The average molecular weight is 320 g/mol. The van der Waals surface area contributed by atoms with E-state index < -0.39 is 5.82 Å². The van der Waals surface area contributed by atoms with E-state index in [0.717, 1.165) is 0 Å². The Kier molecular flexibility index (Phi) is 3.64. The number of benzene rings is 1. The van der Waals surface area contributed by atoms with Crippen molar-refractivity contribution in [3.05, 3.63) is 58.6 Å². The van der Waals surface area contributed by atoms with Gasteiger partial charge in [0.1, 0.15) is 11.5 Å². The Morgan fingerprint density at radius 3 is 3.00 bits per heavy atom. The number of fused-ring (bicyclic) bond motifs is 1. The van der Waals surface area contributed by atoms with Gasteiger partial charge in [-0.25, -0.2) is 14.1 Å². The zero-order chi connectivity index (χ0) is 15.7. The van der Waals surface area contributed by atoms with Crippen LogP contribution in [0.25, 0.3) is 11.0 Å². The fourth-order valence-electron chi connectivity index (χ4n) is 2.18. The first-order chi connectivity index (χ1) is 10.6. The summed E-state index contributed by atoms with van der Waals surface area (Å²) in [6.45, 7) is 0.124. The molecule has 0 saturated carbocycles. The molecule has 0 radical (unpaired) electrons. The first kappa shape index (κ1) is 14.3. The Morgan fingerprint density at radius 1 is 1.41 bits per heavy atom. The molecule has 0 aliphatic rings. The lowest BCUT2D eigenvalue weighted by molar-refractivity contribution is 0.318. The van der Waals surface area contributed by atoms with Crippen LogP contribution in [0.15, 0.2) is 41.7 Å². The Morgan fingerprint density at radius 2 is 2.23 bits per heavy atom. The van der Waals surface area contributed by atoms with E-state index in [2.05, 4.69) is 15.2 Å². The van der Waals surface area contributed by atoms with Gasteiger partial charge in [-0.3, -0.25) is 0 Å². The van der Waals surface area contributed by atoms with E-state index >= 15 is 0 Å². The largest absolute Gasteiger partial charge is 0.409 e. The van der Waals surface area contributed by atoms with Crippen molar-refractivity contribution in [1.82, 2.24) is 14.8 Å². The summed E-state index contributed by atoms with van der Waals surface area (Å²) < 4.78 is 15.4. The SMILES string of the molecule is N/C(=N/O)c1nn(Cc2cc(Cl)ccc2F)c2ncccc12. The molecule has 2 heterocycles. The highest BCUT2D eigenvalue weighted by molar-refractivity contribution is 6.30. The highest BCUT2D eigenvalue weighted by atomic mass is 35.5. The number of oxime groups is 1. The van der Waals surface area contributed by atoms with Crippen molar-refractivity contribution in [3.63, 3.8) is 0 Å². The highest BCUT2D eigenvalue weighted by Gasteiger charge is 2.16. The van der Waals surface area contributed by atoms with Gasteiger partial charge >= 0.3 is 0 Å². The summed E-state index contributed by atoms with van der Waals surface area (Å²) in [6.07, 6.45) is 1.59. The van der Waals surface area contributed by atoms with Crippen molar-refractivity contribution >= 4 is 28.5 Å². The van der Waals surface area contributed by atoms with Crippen LogP contribution in [0.4, 0.5) is 4.39 Å². The molecule has 0 fully saturated rings. The lowest BCUT2D eigenvalue weighted by Crippen LogP contribution is -2.15. The molecule has 3 rings (SSSR count). The second-order valence-electron chi connectivity index (χ2n) is 4.60. The zero-order valence-corrected chi connectivity index (χ0v) is 12.0. The number of halogens is 2. The fraction of sp³-hybridized carbons (Fsp3) is 0.0714. The number of rotatable bonds is 3. The number of hydrogen-bond acceptors (Lipinski definition) is 4. The number of nitrogens with two attached hydrogens (primary N) is 1. The number of amidine groups is 1. The smallest absolute Gasteiger partial charge is 0.191 e. The quantitative estimate of drug-likeness (QED) is 0.336. The number of pyridine rings is 1. The molecule has 112 valence electrons. The molecular formula is C14H11ClFN5O. The van der Waals surface area contributed by atoms with Crippen molar-refractivity contribution in [2.24, 2.45) is 10.9 Å². The lowest BCUT2D eigenvalue weighted by Gasteiger charge is -2.05. The van der Waals surface area contributed by atoms with Crippen molar-refractivity contribution in [2.45, 2.75) is 6.54 Å². The van der Waals surface area contributed by atoms with E-state index in [0.29, 0.717) is 21.6 Å². The molecule has 0 bridgehead atoms. The molecular weight excluding hydrogens is 309 g/mol. The van der Waals surface area contributed by atoms with Crippen LogP contribution in [-0.4, -0.2) is 25.8 Å². The molecule has 22 heavy (non-hydrogen) atoms. The van der Waals surface area contributed by atoms with Crippen molar-refractivity contribution in [2.75, 3.05) is 0 Å². The minimum absolute atomic E-state index is 0.124. The summed E-state index contributed by atoms with van der Waals surface area (Å²) >= 11 is 5.90. The Bertz CT molecular complexity index is 877. The van der Waals surface area contributed by atoms with Crippen LogP contribution in [0.3, 0.4) is 0 Å². The molecule has 0 atom stereocenters. The summed E-state index contributed by atoms with van der Waals surface area (Å²) in [7, 11) is 0. The molecule has 3 aromatic rings. The van der Waals surface area contributed by atoms with Gasteiger partial charge in [0.15, 0.2) is 11.5 Å². The monoisotopic (exact) mass is 319 g/mol. The molecule has 0 aliphatic heterocycles. The van der Waals surface area contributed by atoms with Gasteiger partial charge in [0, 0.05) is 16.8 Å². The lowest BCUT2D eigenvalue weighted by atomic mass is 10.2. The normalized spacial score (nSPS) is 12.0. The first-order valence-corrected chi connectivity index (χ1v) is 6.71. The van der Waals surface area contributed by atoms with Crippen LogP contribution in [0.2, 0.25) is 5.02 Å². The van der Waals surface area contributed by atoms with E-state index in [1.807, 2.05) is 0 Å². The van der Waals surface area contributed by atoms with Gasteiger partial charge in [0.2, 0.25) is 0 Å². The molecule has 2 aromatic heterocycles. The standard InChI is InChI=1S/C14H11ClFN5O/c15-9-3-4-11(16)8(6-9)7-21-14-10(2-1-5-18-14)12(19-21)13(17)20-22/h1-6,22H,7H2,(H2,17,20). The van der Waals surface area contributed by atoms with Gasteiger partial charge in [-0.1, -0.05) is 16.8 Å². The van der Waals surface area contributed by atoms with Gasteiger partial charge in [-0.05, 0) is 30.3 Å². The maximum atomic E-state index is 13.9. The van der Waals surface area contributed by atoms with Crippen LogP contribution in [0.5, 0.6) is 0 Å². The van der Waals surface area contributed by atoms with Crippen molar-refractivity contribution < 1.29 is 9.60 Å². The topological polar surface area (TPSA) is 89.3 Å². The maximum absolute atomic E-state index is 13.9. The molecule has 3 N–H and O–H groups in total. The second kappa shape index (κ2) is 5.61. The number of nitrogens with zero attached hydrogens (tertiary/aromatic N) is 4. The van der Waals surface area contributed by atoms with E-state index in [9.17, 15) is 4.39 Å². The molecule has 0 unspecified atom stereocenters. The van der Waals surface area contributed by atoms with E-state index in [1.165, 1.54) is 22.9 Å². The van der Waals surface area contributed by atoms with Crippen LogP contribution < -0.4 is 5.73 Å². The predicted octanol–water partition coefficient (Wildman–Crippen LogP) is 2.37.